The molecule has 0 saturated heterocycles. The third-order valence-electron chi connectivity index (χ3n) is 2.17. The maximum absolute atomic E-state index is 12.1. The minimum Gasteiger partial charge on any atom is -0.501 e. The van der Waals surface area contributed by atoms with Crippen LogP contribution in [-0.2, 0) is 9.53 Å². The van der Waals surface area contributed by atoms with E-state index in [-0.39, 0.29) is 21.9 Å². The standard InChI is InChI=1S/C13H12Cl2O3/c1-3-18-7-11(8(2)16)13(17)10-5-4-9(14)6-12(10)15/h4-7H,3H2,1-2H3. The van der Waals surface area contributed by atoms with E-state index in [0.29, 0.717) is 11.6 Å². The Morgan fingerprint density at radius 3 is 2.50 bits per heavy atom. The second kappa shape index (κ2) is 6.57. The van der Waals surface area contributed by atoms with Gasteiger partial charge in [0.15, 0.2) is 5.78 Å². The Balaban J connectivity index is 3.14. The molecule has 0 amide bonds. The highest BCUT2D eigenvalue weighted by Gasteiger charge is 2.19. The number of ether oxygens (including phenoxy) is 1. The predicted octanol–water partition coefficient (Wildman–Crippen LogP) is 3.69. The van der Waals surface area contributed by atoms with Crippen LogP contribution in [0.1, 0.15) is 24.2 Å². The summed E-state index contributed by atoms with van der Waals surface area (Å²) in [6.07, 6.45) is 1.16. The topological polar surface area (TPSA) is 43.4 Å². The average molecular weight is 287 g/mol. The maximum Gasteiger partial charge on any atom is 0.201 e. The lowest BCUT2D eigenvalue weighted by molar-refractivity contribution is -0.113. The van der Waals surface area contributed by atoms with E-state index in [9.17, 15) is 9.59 Å². The van der Waals surface area contributed by atoms with E-state index >= 15 is 0 Å². The summed E-state index contributed by atoms with van der Waals surface area (Å²) in [6, 6.07) is 4.48. The lowest BCUT2D eigenvalue weighted by atomic mass is 10.0. The van der Waals surface area contributed by atoms with Crippen molar-refractivity contribution in [3.8, 4) is 0 Å². The first kappa shape index (κ1) is 14.7. The molecule has 3 nitrogen and oxygen atoms in total. The summed E-state index contributed by atoms with van der Waals surface area (Å²) in [5, 5.41) is 0.630. The van der Waals surface area contributed by atoms with Gasteiger partial charge in [-0.15, -0.1) is 0 Å². The maximum atomic E-state index is 12.1. The summed E-state index contributed by atoms with van der Waals surface area (Å²) in [5.74, 6) is -0.850. The molecule has 0 N–H and O–H groups in total. The summed E-state index contributed by atoms with van der Waals surface area (Å²) in [4.78, 5) is 23.5. The Morgan fingerprint density at radius 1 is 1.33 bits per heavy atom. The van der Waals surface area contributed by atoms with Crippen LogP contribution in [0.5, 0.6) is 0 Å². The third kappa shape index (κ3) is 3.59. The number of hydrogen-bond donors (Lipinski definition) is 0. The van der Waals surface area contributed by atoms with Gasteiger partial charge < -0.3 is 4.74 Å². The van der Waals surface area contributed by atoms with Crippen LogP contribution in [0.15, 0.2) is 30.0 Å². The first-order chi connectivity index (χ1) is 8.47. The Bertz CT molecular complexity index is 507. The van der Waals surface area contributed by atoms with Crippen LogP contribution in [0.25, 0.3) is 0 Å². The number of rotatable bonds is 5. The number of carbonyl (C=O) groups excluding carboxylic acids is 2. The fraction of sp³-hybridized carbons (Fsp3) is 0.231. The molecule has 0 aromatic heterocycles. The minimum atomic E-state index is -0.474. The largest absolute Gasteiger partial charge is 0.501 e. The molecule has 1 aromatic rings. The number of hydrogen-bond acceptors (Lipinski definition) is 3. The van der Waals surface area contributed by atoms with Gasteiger partial charge in [0.2, 0.25) is 5.78 Å². The van der Waals surface area contributed by atoms with Gasteiger partial charge >= 0.3 is 0 Å². The van der Waals surface area contributed by atoms with Crippen molar-refractivity contribution in [1.82, 2.24) is 0 Å². The molecule has 18 heavy (non-hydrogen) atoms. The number of allylic oxidation sites excluding steroid dienone is 1. The molecule has 0 fully saturated rings. The summed E-state index contributed by atoms with van der Waals surface area (Å²) in [5.41, 5.74) is 0.184. The Morgan fingerprint density at radius 2 is 2.00 bits per heavy atom. The molecule has 0 heterocycles. The zero-order valence-corrected chi connectivity index (χ0v) is 11.5. The second-order valence-electron chi connectivity index (χ2n) is 3.50. The molecule has 0 bridgehead atoms. The van der Waals surface area contributed by atoms with Crippen molar-refractivity contribution in [3.63, 3.8) is 0 Å². The molecular formula is C13H12Cl2O3. The quantitative estimate of drug-likeness (QED) is 0.273. The van der Waals surface area contributed by atoms with Crippen LogP contribution >= 0.6 is 23.2 Å². The molecule has 0 unspecified atom stereocenters. The van der Waals surface area contributed by atoms with Crippen LogP contribution in [0.2, 0.25) is 10.0 Å². The molecule has 0 aliphatic rings. The Labute approximate surface area is 115 Å². The van der Waals surface area contributed by atoms with Gasteiger partial charge in [0.25, 0.3) is 0 Å². The molecule has 0 saturated carbocycles. The van der Waals surface area contributed by atoms with E-state index in [1.54, 1.807) is 13.0 Å². The molecule has 0 aliphatic carbocycles. The summed E-state index contributed by atoms with van der Waals surface area (Å²) >= 11 is 11.7. The van der Waals surface area contributed by atoms with Crippen molar-refractivity contribution in [1.29, 1.82) is 0 Å². The van der Waals surface area contributed by atoms with E-state index in [1.165, 1.54) is 19.1 Å². The molecule has 96 valence electrons. The Kier molecular flexibility index (Phi) is 5.38. The van der Waals surface area contributed by atoms with E-state index in [0.717, 1.165) is 6.26 Å². The zero-order chi connectivity index (χ0) is 13.7. The monoisotopic (exact) mass is 286 g/mol. The van der Waals surface area contributed by atoms with Crippen LogP contribution in [0.3, 0.4) is 0 Å². The third-order valence-corrected chi connectivity index (χ3v) is 2.72. The fourth-order valence-corrected chi connectivity index (χ4v) is 1.78. The van der Waals surface area contributed by atoms with Gasteiger partial charge in [-0.3, -0.25) is 9.59 Å². The molecule has 0 radical (unpaired) electrons. The number of halogens is 2. The van der Waals surface area contributed by atoms with Crippen molar-refractivity contribution < 1.29 is 14.3 Å². The normalized spacial score (nSPS) is 11.2. The first-order valence-corrected chi connectivity index (χ1v) is 6.05. The highest BCUT2D eigenvalue weighted by atomic mass is 35.5. The number of ketones is 2. The van der Waals surface area contributed by atoms with Crippen molar-refractivity contribution in [3.05, 3.63) is 45.6 Å². The van der Waals surface area contributed by atoms with Crippen LogP contribution < -0.4 is 0 Å². The van der Waals surface area contributed by atoms with Gasteiger partial charge in [-0.1, -0.05) is 23.2 Å². The van der Waals surface area contributed by atoms with Gasteiger partial charge in [0, 0.05) is 10.6 Å². The SMILES string of the molecule is CCOC=C(C(C)=O)C(=O)c1ccc(Cl)cc1Cl. The van der Waals surface area contributed by atoms with Crippen LogP contribution in [0.4, 0.5) is 0 Å². The van der Waals surface area contributed by atoms with Crippen LogP contribution in [-0.4, -0.2) is 18.2 Å². The smallest absolute Gasteiger partial charge is 0.201 e. The van der Waals surface area contributed by atoms with Gasteiger partial charge in [-0.05, 0) is 32.0 Å². The van der Waals surface area contributed by atoms with Gasteiger partial charge in [0.05, 0.1) is 23.5 Å². The lowest BCUT2D eigenvalue weighted by Gasteiger charge is -2.06. The minimum absolute atomic E-state index is 0.0407. The van der Waals surface area contributed by atoms with E-state index in [2.05, 4.69) is 0 Å². The number of carbonyl (C=O) groups is 2. The van der Waals surface area contributed by atoms with Crippen LogP contribution in [0, 0.1) is 0 Å². The molecule has 1 aromatic carbocycles. The summed E-state index contributed by atoms with van der Waals surface area (Å²) < 4.78 is 4.99. The van der Waals surface area contributed by atoms with Crippen molar-refractivity contribution >= 4 is 34.8 Å². The van der Waals surface area contributed by atoms with E-state index in [1.807, 2.05) is 0 Å². The summed E-state index contributed by atoms with van der Waals surface area (Å²) in [7, 11) is 0. The molecule has 0 atom stereocenters. The van der Waals surface area contributed by atoms with Gasteiger partial charge in [-0.2, -0.15) is 0 Å². The molecule has 0 aliphatic heterocycles. The van der Waals surface area contributed by atoms with Gasteiger partial charge in [-0.25, -0.2) is 0 Å². The second-order valence-corrected chi connectivity index (χ2v) is 4.34. The Hall–Kier alpha value is -1.32. The molecule has 0 spiro atoms. The van der Waals surface area contributed by atoms with Crippen molar-refractivity contribution in [2.45, 2.75) is 13.8 Å². The predicted molar refractivity (Wildman–Crippen MR) is 71.2 cm³/mol. The molecular weight excluding hydrogens is 275 g/mol. The van der Waals surface area contributed by atoms with Gasteiger partial charge in [0.1, 0.15) is 0 Å². The number of Topliss-reactive ketones (excluding diaryl/α,β-unsaturated/α-hetero) is 2. The van der Waals surface area contributed by atoms with Crippen molar-refractivity contribution in [2.24, 2.45) is 0 Å². The number of benzene rings is 1. The average Bonchev–Trinajstić information content (AvgIpc) is 2.28. The fourth-order valence-electron chi connectivity index (χ4n) is 1.28. The summed E-state index contributed by atoms with van der Waals surface area (Å²) in [6.45, 7) is 3.43. The highest BCUT2D eigenvalue weighted by Crippen LogP contribution is 2.23. The zero-order valence-electron chi connectivity index (χ0n) is 10.00. The van der Waals surface area contributed by atoms with E-state index in [4.69, 9.17) is 27.9 Å². The molecule has 5 heteroatoms. The highest BCUT2D eigenvalue weighted by molar-refractivity contribution is 6.39. The van der Waals surface area contributed by atoms with Crippen molar-refractivity contribution in [2.75, 3.05) is 6.61 Å². The lowest BCUT2D eigenvalue weighted by Crippen LogP contribution is -2.11. The van der Waals surface area contributed by atoms with E-state index < -0.39 is 5.78 Å². The molecule has 1 rings (SSSR count). The first-order valence-electron chi connectivity index (χ1n) is 5.29.